The highest BCUT2D eigenvalue weighted by atomic mass is 16.2. The molecule has 0 bridgehead atoms. The third-order valence-electron chi connectivity index (χ3n) is 5.64. The first kappa shape index (κ1) is 19.2. The Morgan fingerprint density at radius 3 is 2.52 bits per heavy atom. The van der Waals surface area contributed by atoms with Gasteiger partial charge >= 0.3 is 0 Å². The predicted octanol–water partition coefficient (Wildman–Crippen LogP) is 3.22. The Hall–Kier alpha value is -2.09. The van der Waals surface area contributed by atoms with Crippen LogP contribution in [0.25, 0.3) is 0 Å². The molecule has 1 N–H and O–H groups in total. The molecule has 0 saturated heterocycles. The Labute approximate surface area is 150 Å². The molecule has 1 amide bonds. The first-order valence-electron chi connectivity index (χ1n) is 9.25. The number of aromatic amines is 1. The normalized spacial score (nSPS) is 16.2. The van der Waals surface area contributed by atoms with Crippen molar-refractivity contribution < 1.29 is 4.79 Å². The monoisotopic (exact) mass is 343 g/mol. The van der Waals surface area contributed by atoms with E-state index in [1.807, 2.05) is 13.0 Å². The molecular formula is C20H29N3O2. The minimum absolute atomic E-state index is 0.153. The van der Waals surface area contributed by atoms with E-state index in [4.69, 9.17) is 0 Å². The number of H-pyrrole nitrogens is 1. The molecule has 2 rings (SSSR count). The van der Waals surface area contributed by atoms with Gasteiger partial charge < -0.3 is 9.88 Å². The molecule has 2 atom stereocenters. The number of aryl methyl sites for hydroxylation is 1. The van der Waals surface area contributed by atoms with Crippen molar-refractivity contribution in [1.29, 1.82) is 5.26 Å². The van der Waals surface area contributed by atoms with E-state index in [2.05, 4.69) is 30.7 Å². The van der Waals surface area contributed by atoms with Crippen LogP contribution in [0.4, 0.5) is 0 Å². The SMILES string of the molecule is CC[C@H](C)[C@@H](C)N(C(=O)CCc1c(C)[nH]c(=O)c(C#N)c1C)C1CC1. The number of rotatable bonds is 7. The van der Waals surface area contributed by atoms with Gasteiger partial charge in [-0.3, -0.25) is 9.59 Å². The van der Waals surface area contributed by atoms with E-state index < -0.39 is 0 Å². The highest BCUT2D eigenvalue weighted by Gasteiger charge is 2.36. The summed E-state index contributed by atoms with van der Waals surface area (Å²) < 4.78 is 0. The van der Waals surface area contributed by atoms with Gasteiger partial charge in [0.1, 0.15) is 11.6 Å². The smallest absolute Gasteiger partial charge is 0.266 e. The molecule has 136 valence electrons. The van der Waals surface area contributed by atoms with Gasteiger partial charge in [-0.15, -0.1) is 0 Å². The maximum absolute atomic E-state index is 12.9. The van der Waals surface area contributed by atoms with Gasteiger partial charge in [-0.2, -0.15) is 5.26 Å². The topological polar surface area (TPSA) is 77.0 Å². The van der Waals surface area contributed by atoms with E-state index in [-0.39, 0.29) is 23.1 Å². The highest BCUT2D eigenvalue weighted by Crippen LogP contribution is 2.32. The summed E-state index contributed by atoms with van der Waals surface area (Å²) in [5.41, 5.74) is 2.17. The van der Waals surface area contributed by atoms with E-state index in [0.717, 1.165) is 30.5 Å². The molecule has 5 nitrogen and oxygen atoms in total. The molecule has 0 aromatic carbocycles. The lowest BCUT2D eigenvalue weighted by Crippen LogP contribution is -2.43. The molecule has 1 saturated carbocycles. The number of hydrogen-bond acceptors (Lipinski definition) is 3. The summed E-state index contributed by atoms with van der Waals surface area (Å²) in [6, 6.07) is 2.61. The minimum atomic E-state index is -0.349. The number of carbonyl (C=O) groups excluding carboxylic acids is 1. The van der Waals surface area contributed by atoms with Crippen molar-refractivity contribution in [3.8, 4) is 6.07 Å². The van der Waals surface area contributed by atoms with Crippen molar-refractivity contribution in [1.82, 2.24) is 9.88 Å². The largest absolute Gasteiger partial charge is 0.337 e. The second-order valence-corrected chi connectivity index (χ2v) is 7.33. The third-order valence-corrected chi connectivity index (χ3v) is 5.64. The first-order valence-corrected chi connectivity index (χ1v) is 9.25. The summed E-state index contributed by atoms with van der Waals surface area (Å²) in [6.45, 7) is 10.1. The van der Waals surface area contributed by atoms with Crippen molar-refractivity contribution in [3.05, 3.63) is 32.7 Å². The molecule has 1 aromatic rings. The Morgan fingerprint density at radius 1 is 1.36 bits per heavy atom. The van der Waals surface area contributed by atoms with Crippen molar-refractivity contribution >= 4 is 5.91 Å². The molecule has 0 radical (unpaired) electrons. The van der Waals surface area contributed by atoms with Crippen LogP contribution in [-0.4, -0.2) is 27.9 Å². The standard InChI is InChI=1S/C20H29N3O2/c1-6-12(2)15(5)23(16-7-8-16)19(24)10-9-17-13(3)18(11-21)20(25)22-14(17)4/h12,15-16H,6-10H2,1-5H3,(H,22,25)/t12-,15+/m0/s1. The van der Waals surface area contributed by atoms with Crippen molar-refractivity contribution in [3.63, 3.8) is 0 Å². The van der Waals surface area contributed by atoms with Crippen LogP contribution in [0.2, 0.25) is 0 Å². The van der Waals surface area contributed by atoms with E-state index in [1.165, 1.54) is 0 Å². The van der Waals surface area contributed by atoms with Crippen molar-refractivity contribution in [2.24, 2.45) is 5.92 Å². The van der Waals surface area contributed by atoms with Crippen LogP contribution < -0.4 is 5.56 Å². The molecule has 1 fully saturated rings. The van der Waals surface area contributed by atoms with Gasteiger partial charge in [0.15, 0.2) is 0 Å². The molecule has 0 spiro atoms. The van der Waals surface area contributed by atoms with Crippen LogP contribution in [0, 0.1) is 31.1 Å². The van der Waals surface area contributed by atoms with E-state index in [1.54, 1.807) is 6.92 Å². The minimum Gasteiger partial charge on any atom is -0.337 e. The number of amides is 1. The maximum atomic E-state index is 12.9. The van der Waals surface area contributed by atoms with Gasteiger partial charge in [0.2, 0.25) is 5.91 Å². The molecule has 25 heavy (non-hydrogen) atoms. The van der Waals surface area contributed by atoms with Crippen LogP contribution in [0.5, 0.6) is 0 Å². The summed E-state index contributed by atoms with van der Waals surface area (Å²) >= 11 is 0. The lowest BCUT2D eigenvalue weighted by molar-refractivity contribution is -0.134. The van der Waals surface area contributed by atoms with E-state index in [0.29, 0.717) is 30.4 Å². The van der Waals surface area contributed by atoms with E-state index in [9.17, 15) is 14.9 Å². The molecule has 1 heterocycles. The van der Waals surface area contributed by atoms with Crippen LogP contribution in [0.3, 0.4) is 0 Å². The predicted molar refractivity (Wildman–Crippen MR) is 98.4 cm³/mol. The van der Waals surface area contributed by atoms with Crippen LogP contribution in [-0.2, 0) is 11.2 Å². The lowest BCUT2D eigenvalue weighted by Gasteiger charge is -2.33. The molecule has 1 aliphatic carbocycles. The van der Waals surface area contributed by atoms with Crippen LogP contribution in [0.15, 0.2) is 4.79 Å². The number of aromatic nitrogens is 1. The molecule has 0 unspecified atom stereocenters. The van der Waals surface area contributed by atoms with E-state index >= 15 is 0 Å². The van der Waals surface area contributed by atoms with Gasteiger partial charge in [0.25, 0.3) is 5.56 Å². The Balaban J connectivity index is 2.16. The van der Waals surface area contributed by atoms with Gasteiger partial charge in [0.05, 0.1) is 0 Å². The zero-order valence-electron chi connectivity index (χ0n) is 16.0. The number of carbonyl (C=O) groups is 1. The summed E-state index contributed by atoms with van der Waals surface area (Å²) in [7, 11) is 0. The molecule has 1 aromatic heterocycles. The molecule has 1 aliphatic rings. The quantitative estimate of drug-likeness (QED) is 0.826. The molecule has 5 heteroatoms. The number of pyridine rings is 1. The summed E-state index contributed by atoms with van der Waals surface area (Å²) in [4.78, 5) is 29.5. The zero-order chi connectivity index (χ0) is 18.7. The average molecular weight is 343 g/mol. The second-order valence-electron chi connectivity index (χ2n) is 7.33. The first-order chi connectivity index (χ1) is 11.8. The fraction of sp³-hybridized carbons (Fsp3) is 0.650. The number of nitriles is 1. The number of nitrogens with zero attached hydrogens (tertiary/aromatic N) is 2. The van der Waals surface area contributed by atoms with Gasteiger partial charge in [-0.1, -0.05) is 20.3 Å². The Morgan fingerprint density at radius 2 is 2.00 bits per heavy atom. The summed E-state index contributed by atoms with van der Waals surface area (Å²) in [5, 5.41) is 9.18. The zero-order valence-corrected chi connectivity index (χ0v) is 16.0. The van der Waals surface area contributed by atoms with Gasteiger partial charge in [0, 0.05) is 24.2 Å². The molecular weight excluding hydrogens is 314 g/mol. The maximum Gasteiger partial charge on any atom is 0.266 e. The van der Waals surface area contributed by atoms with Gasteiger partial charge in [-0.25, -0.2) is 0 Å². The number of hydrogen-bond donors (Lipinski definition) is 1. The lowest BCUT2D eigenvalue weighted by atomic mass is 9.96. The molecule has 0 aliphatic heterocycles. The fourth-order valence-electron chi connectivity index (χ4n) is 3.51. The highest BCUT2D eigenvalue weighted by molar-refractivity contribution is 5.77. The Kier molecular flexibility index (Phi) is 6.05. The van der Waals surface area contributed by atoms with Crippen molar-refractivity contribution in [2.45, 2.75) is 78.8 Å². The van der Waals surface area contributed by atoms with Crippen LogP contribution in [0.1, 0.15) is 68.8 Å². The van der Waals surface area contributed by atoms with Gasteiger partial charge in [-0.05, 0) is 57.1 Å². The summed E-state index contributed by atoms with van der Waals surface area (Å²) in [5.74, 6) is 0.658. The summed E-state index contributed by atoms with van der Waals surface area (Å²) in [6.07, 6.45) is 4.22. The Bertz CT molecular complexity index is 741. The van der Waals surface area contributed by atoms with Crippen LogP contribution >= 0.6 is 0 Å². The number of nitrogens with one attached hydrogen (secondary N) is 1. The average Bonchev–Trinajstić information content (AvgIpc) is 3.38. The fourth-order valence-corrected chi connectivity index (χ4v) is 3.51. The second kappa shape index (κ2) is 7.86. The third kappa shape index (κ3) is 4.12. The van der Waals surface area contributed by atoms with Crippen molar-refractivity contribution in [2.75, 3.05) is 0 Å².